The molecule has 2 amide bonds. The van der Waals surface area contributed by atoms with Crippen LogP contribution in [0.25, 0.3) is 5.69 Å². The Morgan fingerprint density at radius 2 is 1.70 bits per heavy atom. The van der Waals surface area contributed by atoms with Crippen LogP contribution in [0.2, 0.25) is 10.0 Å². The van der Waals surface area contributed by atoms with Crippen molar-refractivity contribution in [2.75, 3.05) is 4.90 Å². The molecule has 1 heterocycles. The third-order valence-electron chi connectivity index (χ3n) is 4.08. The van der Waals surface area contributed by atoms with Gasteiger partial charge < -0.3 is 0 Å². The van der Waals surface area contributed by atoms with Gasteiger partial charge in [0.25, 0.3) is 0 Å². The van der Waals surface area contributed by atoms with Gasteiger partial charge >= 0.3 is 11.7 Å². The Bertz CT molecular complexity index is 1120. The molecular formula is C18H12Cl2F6N4O2S. The Morgan fingerprint density at radius 3 is 2.12 bits per heavy atom. The van der Waals surface area contributed by atoms with Gasteiger partial charge in [0.1, 0.15) is 11.8 Å². The normalized spacial score (nSPS) is 11.9. The smallest absolute Gasteiger partial charge is 0.274 e. The number of anilines is 1. The Balaban J connectivity index is 2.96. The van der Waals surface area contributed by atoms with Crippen LogP contribution in [0.4, 0.5) is 32.2 Å². The minimum absolute atomic E-state index is 0.301. The van der Waals surface area contributed by atoms with E-state index in [9.17, 15) is 41.2 Å². The zero-order valence-corrected chi connectivity index (χ0v) is 18.9. The first-order valence-corrected chi connectivity index (χ1v) is 10.4. The lowest BCUT2D eigenvalue weighted by atomic mass is 10.1. The summed E-state index contributed by atoms with van der Waals surface area (Å²) in [5.41, 5.74) is -8.02. The van der Waals surface area contributed by atoms with E-state index >= 15 is 0 Å². The van der Waals surface area contributed by atoms with Crippen LogP contribution in [0.1, 0.15) is 37.8 Å². The summed E-state index contributed by atoms with van der Waals surface area (Å²) in [6.45, 7) is 2.70. The summed E-state index contributed by atoms with van der Waals surface area (Å²) in [7, 11) is 0. The number of carbonyl (C=O) groups excluding carboxylic acids is 2. The average Bonchev–Trinajstić information content (AvgIpc) is 3.07. The van der Waals surface area contributed by atoms with E-state index in [-0.39, 0.29) is 12.8 Å². The molecule has 33 heavy (non-hydrogen) atoms. The van der Waals surface area contributed by atoms with E-state index in [2.05, 4.69) is 5.10 Å². The highest BCUT2D eigenvalue weighted by Crippen LogP contribution is 2.46. The van der Waals surface area contributed by atoms with Gasteiger partial charge in [0.15, 0.2) is 5.82 Å². The van der Waals surface area contributed by atoms with Gasteiger partial charge in [0, 0.05) is 12.8 Å². The number of hydrogen-bond acceptors (Lipinski definition) is 5. The van der Waals surface area contributed by atoms with Gasteiger partial charge in [-0.3, -0.25) is 9.59 Å². The predicted molar refractivity (Wildman–Crippen MR) is 108 cm³/mol. The maximum atomic E-state index is 13.3. The first-order valence-electron chi connectivity index (χ1n) is 8.87. The molecule has 2 rings (SSSR count). The van der Waals surface area contributed by atoms with E-state index in [1.54, 1.807) is 0 Å². The predicted octanol–water partition coefficient (Wildman–Crippen LogP) is 6.36. The molecule has 0 aliphatic rings. The third kappa shape index (κ3) is 5.56. The number of halogens is 8. The van der Waals surface area contributed by atoms with Crippen LogP contribution in [0.15, 0.2) is 17.2 Å². The molecule has 0 atom stereocenters. The lowest BCUT2D eigenvalue weighted by Gasteiger charge is -2.24. The van der Waals surface area contributed by atoms with Crippen LogP contribution < -0.4 is 4.90 Å². The molecule has 178 valence electrons. The number of aromatic nitrogens is 2. The van der Waals surface area contributed by atoms with Crippen molar-refractivity contribution < 1.29 is 35.9 Å². The first kappa shape index (κ1) is 26.8. The van der Waals surface area contributed by atoms with Gasteiger partial charge in [-0.25, -0.2) is 9.58 Å². The highest BCUT2D eigenvalue weighted by molar-refractivity contribution is 8.00. The van der Waals surface area contributed by atoms with Crippen LogP contribution in [-0.2, 0) is 15.8 Å². The Morgan fingerprint density at radius 1 is 1.15 bits per heavy atom. The van der Waals surface area contributed by atoms with E-state index in [1.165, 1.54) is 19.9 Å². The number of benzene rings is 1. The van der Waals surface area contributed by atoms with Crippen LogP contribution in [-0.4, -0.2) is 27.1 Å². The topological polar surface area (TPSA) is 79.0 Å². The summed E-state index contributed by atoms with van der Waals surface area (Å²) in [5.74, 6) is -2.54. The van der Waals surface area contributed by atoms with E-state index in [0.29, 0.717) is 21.8 Å². The molecule has 0 spiro atoms. The molecule has 2 aromatic rings. The van der Waals surface area contributed by atoms with E-state index in [4.69, 9.17) is 23.2 Å². The number of thioether (sulfide) groups is 1. The van der Waals surface area contributed by atoms with Gasteiger partial charge in [0.05, 0.1) is 32.3 Å². The fourth-order valence-corrected chi connectivity index (χ4v) is 4.00. The average molecular weight is 533 g/mol. The second-order valence-electron chi connectivity index (χ2n) is 6.18. The van der Waals surface area contributed by atoms with Gasteiger partial charge in [-0.2, -0.15) is 36.7 Å². The number of carbonyl (C=O) groups is 2. The zero-order valence-electron chi connectivity index (χ0n) is 16.6. The molecular weight excluding hydrogens is 521 g/mol. The highest BCUT2D eigenvalue weighted by atomic mass is 35.5. The molecule has 0 radical (unpaired) electrons. The van der Waals surface area contributed by atoms with Gasteiger partial charge in [-0.1, -0.05) is 37.0 Å². The number of nitrogens with zero attached hydrogens (tertiary/aromatic N) is 4. The lowest BCUT2D eigenvalue weighted by Crippen LogP contribution is -2.38. The van der Waals surface area contributed by atoms with E-state index < -0.39 is 72.8 Å². The summed E-state index contributed by atoms with van der Waals surface area (Å²) in [6, 6.07) is 1.64. The Labute approximate surface area is 197 Å². The summed E-state index contributed by atoms with van der Waals surface area (Å²) in [6.07, 6.45) is -4.97. The molecule has 1 aromatic carbocycles. The molecule has 15 heteroatoms. The van der Waals surface area contributed by atoms with Gasteiger partial charge in [0.2, 0.25) is 11.8 Å². The molecule has 0 aliphatic carbocycles. The number of amides is 2. The molecule has 0 saturated carbocycles. The zero-order chi connectivity index (χ0) is 25.3. The number of imide groups is 1. The lowest BCUT2D eigenvalue weighted by molar-refractivity contribution is -0.137. The maximum absolute atomic E-state index is 13.3. The first-order chi connectivity index (χ1) is 15.2. The highest BCUT2D eigenvalue weighted by Gasteiger charge is 2.39. The molecule has 0 bridgehead atoms. The van der Waals surface area contributed by atoms with Crippen LogP contribution in [0, 0.1) is 11.3 Å². The fraction of sp³-hybridized carbons (Fsp3) is 0.333. The van der Waals surface area contributed by atoms with Gasteiger partial charge in [-0.15, -0.1) is 0 Å². The Kier molecular flexibility index (Phi) is 7.98. The third-order valence-corrected chi connectivity index (χ3v) is 5.47. The number of nitriles is 1. The number of hydrogen-bond donors (Lipinski definition) is 0. The molecule has 6 nitrogen and oxygen atoms in total. The van der Waals surface area contributed by atoms with Crippen molar-refractivity contribution >= 4 is 52.6 Å². The largest absolute Gasteiger partial charge is 0.446 e. The summed E-state index contributed by atoms with van der Waals surface area (Å²) >= 11 is 11.3. The standard InChI is InChI=1S/C18H12Cl2F6N4O2S/c1-3-12(31)29(13(32)4-2)16-11(33-18(24,25)26)7-28-30(16)15-10(19)5-9(17(21,22)23)8(6-27)14(15)20/h5,7H,3-4H2,1-2H3. The molecule has 0 saturated heterocycles. The van der Waals surface area contributed by atoms with Crippen molar-refractivity contribution in [2.45, 2.75) is 43.3 Å². The van der Waals surface area contributed by atoms with Gasteiger partial charge in [-0.05, 0) is 17.8 Å². The molecule has 0 aliphatic heterocycles. The molecule has 0 N–H and O–H groups in total. The fourth-order valence-electron chi connectivity index (χ4n) is 2.72. The van der Waals surface area contributed by atoms with Crippen molar-refractivity contribution in [1.29, 1.82) is 5.26 Å². The molecule has 1 aromatic heterocycles. The number of rotatable bonds is 5. The van der Waals surface area contributed by atoms with Crippen LogP contribution in [0.3, 0.4) is 0 Å². The summed E-state index contributed by atoms with van der Waals surface area (Å²) < 4.78 is 79.9. The van der Waals surface area contributed by atoms with Crippen molar-refractivity contribution in [2.24, 2.45) is 0 Å². The summed E-state index contributed by atoms with van der Waals surface area (Å²) in [4.78, 5) is 24.7. The Hall–Kier alpha value is -2.43. The van der Waals surface area contributed by atoms with Crippen molar-refractivity contribution in [3.63, 3.8) is 0 Å². The molecule has 0 fully saturated rings. The van der Waals surface area contributed by atoms with Crippen LogP contribution in [0.5, 0.6) is 0 Å². The second-order valence-corrected chi connectivity index (χ2v) is 8.07. The summed E-state index contributed by atoms with van der Waals surface area (Å²) in [5, 5.41) is 11.3. The van der Waals surface area contributed by atoms with Crippen molar-refractivity contribution in [3.05, 3.63) is 33.4 Å². The minimum atomic E-state index is -5.02. The number of alkyl halides is 6. The van der Waals surface area contributed by atoms with Crippen molar-refractivity contribution in [3.8, 4) is 11.8 Å². The monoisotopic (exact) mass is 532 g/mol. The van der Waals surface area contributed by atoms with Crippen LogP contribution >= 0.6 is 35.0 Å². The second kappa shape index (κ2) is 9.82. The van der Waals surface area contributed by atoms with E-state index in [0.717, 1.165) is 0 Å². The quantitative estimate of drug-likeness (QED) is 0.330. The minimum Gasteiger partial charge on any atom is -0.274 e. The van der Waals surface area contributed by atoms with E-state index in [1.807, 2.05) is 0 Å². The maximum Gasteiger partial charge on any atom is 0.446 e. The van der Waals surface area contributed by atoms with Crippen molar-refractivity contribution in [1.82, 2.24) is 9.78 Å². The SMILES string of the molecule is CCC(=O)N(C(=O)CC)c1c(SC(F)(F)F)cnn1-c1c(Cl)cc(C(F)(F)F)c(C#N)c1Cl. The molecule has 0 unspecified atom stereocenters.